The Hall–Kier alpha value is -0.240. The van der Waals surface area contributed by atoms with Gasteiger partial charge in [-0.1, -0.05) is 0 Å². The minimum absolute atomic E-state index is 0.0138. The maximum absolute atomic E-state index is 9.38. The molecule has 86 valence electrons. The predicted octanol–water partition coefficient (Wildman–Crippen LogP) is -1.05. The molecule has 0 aliphatic carbocycles. The average Bonchev–Trinajstić information content (AvgIpc) is 2.23. The number of hydrogen-bond donors (Lipinski definition) is 2. The lowest BCUT2D eigenvalue weighted by atomic mass is 10.6. The van der Waals surface area contributed by atoms with Crippen LogP contribution in [0, 0.1) is 0 Å². The van der Waals surface area contributed by atoms with E-state index >= 15 is 0 Å². The summed E-state index contributed by atoms with van der Waals surface area (Å²) in [6, 6.07) is 0. The van der Waals surface area contributed by atoms with Crippen LogP contribution in [0.3, 0.4) is 0 Å². The zero-order valence-corrected chi connectivity index (χ0v) is 8.56. The van der Waals surface area contributed by atoms with Gasteiger partial charge in [0.25, 0.3) is 0 Å². The molecular formula is C8H18O6. The molecule has 0 unspecified atom stereocenters. The normalized spacial score (nSPS) is 12.0. The fourth-order valence-electron chi connectivity index (χ4n) is 0.687. The van der Waals surface area contributed by atoms with Crippen molar-refractivity contribution in [2.75, 3.05) is 47.3 Å². The monoisotopic (exact) mass is 210 g/mol. The van der Waals surface area contributed by atoms with Crippen molar-refractivity contribution >= 4 is 0 Å². The van der Waals surface area contributed by atoms with Crippen molar-refractivity contribution in [3.63, 3.8) is 0 Å². The maximum atomic E-state index is 9.38. The number of rotatable bonds is 9. The Labute approximate surface area is 83.3 Å². The number of ether oxygens (including phenoxy) is 4. The summed E-state index contributed by atoms with van der Waals surface area (Å²) in [5.41, 5.74) is 0. The summed E-state index contributed by atoms with van der Waals surface area (Å²) in [7, 11) is 2.63. The molecule has 6 nitrogen and oxygen atoms in total. The third-order valence-corrected chi connectivity index (χ3v) is 1.53. The molecular weight excluding hydrogens is 192 g/mol. The molecule has 0 fully saturated rings. The van der Waals surface area contributed by atoms with Gasteiger partial charge in [-0.3, -0.25) is 0 Å². The van der Waals surface area contributed by atoms with Crippen molar-refractivity contribution in [1.29, 1.82) is 0 Å². The Balaban J connectivity index is 3.34. The van der Waals surface area contributed by atoms with Crippen LogP contribution >= 0.6 is 0 Å². The summed E-state index contributed by atoms with van der Waals surface area (Å²) in [5.74, 6) is -1.70. The van der Waals surface area contributed by atoms with E-state index in [1.54, 1.807) is 0 Å². The van der Waals surface area contributed by atoms with Gasteiger partial charge >= 0.3 is 5.97 Å². The Morgan fingerprint density at radius 1 is 1.00 bits per heavy atom. The van der Waals surface area contributed by atoms with Gasteiger partial charge in [0, 0.05) is 14.2 Å². The van der Waals surface area contributed by atoms with Crippen molar-refractivity contribution in [3.05, 3.63) is 0 Å². The highest BCUT2D eigenvalue weighted by molar-refractivity contribution is 4.49. The first-order valence-corrected chi connectivity index (χ1v) is 4.27. The van der Waals surface area contributed by atoms with Crippen LogP contribution < -0.4 is 0 Å². The van der Waals surface area contributed by atoms with Crippen LogP contribution in [0.1, 0.15) is 0 Å². The van der Waals surface area contributed by atoms with Crippen LogP contribution in [0.15, 0.2) is 0 Å². The number of aliphatic hydroxyl groups excluding tert-OH is 1. The largest absolute Gasteiger partial charge is 0.394 e. The summed E-state index contributed by atoms with van der Waals surface area (Å²) in [4.78, 5) is 0. The van der Waals surface area contributed by atoms with Crippen LogP contribution in [-0.4, -0.2) is 63.4 Å². The first kappa shape index (κ1) is 13.8. The van der Waals surface area contributed by atoms with E-state index in [1.807, 2.05) is 0 Å². The molecule has 0 atom stereocenters. The van der Waals surface area contributed by atoms with E-state index in [2.05, 4.69) is 9.47 Å². The van der Waals surface area contributed by atoms with Gasteiger partial charge in [-0.15, -0.1) is 0 Å². The molecule has 6 heteroatoms. The molecule has 2 N–H and O–H groups in total. The number of hydrogen-bond acceptors (Lipinski definition) is 6. The second-order valence-electron chi connectivity index (χ2n) is 2.51. The van der Waals surface area contributed by atoms with E-state index in [-0.39, 0.29) is 19.8 Å². The van der Waals surface area contributed by atoms with Crippen molar-refractivity contribution in [2.45, 2.75) is 5.97 Å². The lowest BCUT2D eigenvalue weighted by Crippen LogP contribution is -2.39. The molecule has 14 heavy (non-hydrogen) atoms. The molecule has 0 saturated heterocycles. The summed E-state index contributed by atoms with van der Waals surface area (Å²) in [6.45, 7) is 0.823. The molecule has 0 aliphatic heterocycles. The zero-order valence-electron chi connectivity index (χ0n) is 8.56. The quantitative estimate of drug-likeness (QED) is 0.373. The van der Waals surface area contributed by atoms with Crippen molar-refractivity contribution < 1.29 is 29.2 Å². The van der Waals surface area contributed by atoms with Gasteiger partial charge in [-0.05, 0) is 0 Å². The third kappa shape index (κ3) is 6.25. The van der Waals surface area contributed by atoms with Crippen molar-refractivity contribution in [1.82, 2.24) is 0 Å². The Kier molecular flexibility index (Phi) is 7.96. The number of methoxy groups -OCH3 is 2. The van der Waals surface area contributed by atoms with Crippen LogP contribution in [0.25, 0.3) is 0 Å². The van der Waals surface area contributed by atoms with E-state index in [0.717, 1.165) is 0 Å². The highest BCUT2D eigenvalue weighted by atomic mass is 16.8. The van der Waals surface area contributed by atoms with E-state index in [9.17, 15) is 5.11 Å². The maximum Gasteiger partial charge on any atom is 0.304 e. The molecule has 0 bridgehead atoms. The SMILES string of the molecule is COC(O)(COCCOCCO)OC. The standard InChI is InChI=1S/C8H18O6/c1-11-8(10,12-2)7-14-6-5-13-4-3-9/h9-10H,3-7H2,1-2H3. The summed E-state index contributed by atoms with van der Waals surface area (Å²) in [6.07, 6.45) is 0. The van der Waals surface area contributed by atoms with Gasteiger partial charge in [0.2, 0.25) is 0 Å². The molecule has 0 heterocycles. The first-order valence-electron chi connectivity index (χ1n) is 4.27. The summed E-state index contributed by atoms with van der Waals surface area (Å²) in [5, 5.41) is 17.8. The smallest absolute Gasteiger partial charge is 0.304 e. The minimum atomic E-state index is -1.70. The third-order valence-electron chi connectivity index (χ3n) is 1.53. The van der Waals surface area contributed by atoms with Gasteiger partial charge in [0.1, 0.15) is 6.61 Å². The van der Waals surface area contributed by atoms with Crippen LogP contribution in [0.4, 0.5) is 0 Å². The van der Waals surface area contributed by atoms with E-state index in [0.29, 0.717) is 13.2 Å². The van der Waals surface area contributed by atoms with Crippen LogP contribution in [-0.2, 0) is 18.9 Å². The molecule has 0 aromatic carbocycles. The van der Waals surface area contributed by atoms with E-state index in [1.165, 1.54) is 14.2 Å². The molecule has 0 aromatic rings. The molecule has 0 radical (unpaired) electrons. The Morgan fingerprint density at radius 2 is 1.57 bits per heavy atom. The van der Waals surface area contributed by atoms with Gasteiger partial charge in [-0.2, -0.15) is 0 Å². The fraction of sp³-hybridized carbons (Fsp3) is 1.00. The highest BCUT2D eigenvalue weighted by Crippen LogP contribution is 2.05. The Morgan fingerprint density at radius 3 is 2.07 bits per heavy atom. The lowest BCUT2D eigenvalue weighted by Gasteiger charge is -2.23. The van der Waals surface area contributed by atoms with Crippen LogP contribution in [0.2, 0.25) is 0 Å². The van der Waals surface area contributed by atoms with Gasteiger partial charge in [0.05, 0.1) is 26.4 Å². The van der Waals surface area contributed by atoms with Crippen molar-refractivity contribution in [3.8, 4) is 0 Å². The fourth-order valence-corrected chi connectivity index (χ4v) is 0.687. The Bertz CT molecular complexity index is 125. The topological polar surface area (TPSA) is 77.4 Å². The zero-order chi connectivity index (χ0) is 10.9. The van der Waals surface area contributed by atoms with Gasteiger partial charge in [-0.25, -0.2) is 0 Å². The molecule has 0 rings (SSSR count). The predicted molar refractivity (Wildman–Crippen MR) is 47.7 cm³/mol. The van der Waals surface area contributed by atoms with E-state index in [4.69, 9.17) is 14.6 Å². The van der Waals surface area contributed by atoms with Crippen molar-refractivity contribution in [2.24, 2.45) is 0 Å². The first-order chi connectivity index (χ1) is 6.68. The molecule has 0 amide bonds. The highest BCUT2D eigenvalue weighted by Gasteiger charge is 2.25. The van der Waals surface area contributed by atoms with E-state index < -0.39 is 5.97 Å². The summed E-state index contributed by atoms with van der Waals surface area (Å²) >= 11 is 0. The average molecular weight is 210 g/mol. The molecule has 0 aliphatic rings. The number of aliphatic hydroxyl groups is 2. The second kappa shape index (κ2) is 8.10. The molecule has 0 aromatic heterocycles. The molecule has 0 spiro atoms. The van der Waals surface area contributed by atoms with Crippen LogP contribution in [0.5, 0.6) is 0 Å². The summed E-state index contributed by atoms with van der Waals surface area (Å²) < 4.78 is 19.2. The lowest BCUT2D eigenvalue weighted by molar-refractivity contribution is -0.357. The van der Waals surface area contributed by atoms with Gasteiger partial charge < -0.3 is 29.2 Å². The minimum Gasteiger partial charge on any atom is -0.394 e. The van der Waals surface area contributed by atoms with Gasteiger partial charge in [0.15, 0.2) is 0 Å². The molecule has 0 saturated carbocycles. The second-order valence-corrected chi connectivity index (χ2v) is 2.51.